The van der Waals surface area contributed by atoms with Gasteiger partial charge in [-0.1, -0.05) is 41.6 Å². The molecule has 0 atom stereocenters. The number of benzene rings is 2. The van der Waals surface area contributed by atoms with Gasteiger partial charge < -0.3 is 4.74 Å². The highest BCUT2D eigenvalue weighted by molar-refractivity contribution is 7.98. The maximum Gasteiger partial charge on any atom is 0.258 e. The third-order valence-corrected chi connectivity index (χ3v) is 6.56. The van der Waals surface area contributed by atoms with E-state index in [1.807, 2.05) is 78.2 Å². The number of aryl methyl sites for hydroxylation is 1. The molecule has 34 heavy (non-hydrogen) atoms. The van der Waals surface area contributed by atoms with Crippen LogP contribution in [0, 0.1) is 6.92 Å². The Hall–Kier alpha value is -3.62. The highest BCUT2D eigenvalue weighted by atomic mass is 35.5. The molecule has 7 nitrogen and oxygen atoms in total. The summed E-state index contributed by atoms with van der Waals surface area (Å²) in [7, 11) is 1.63. The maximum absolute atomic E-state index is 12.7. The molecule has 2 aromatic carbocycles. The summed E-state index contributed by atoms with van der Waals surface area (Å²) in [6.07, 6.45) is 0. The Morgan fingerprint density at radius 2 is 1.79 bits per heavy atom. The van der Waals surface area contributed by atoms with Gasteiger partial charge in [0.15, 0.2) is 11.0 Å². The Balaban J connectivity index is 1.56. The largest absolute Gasteiger partial charge is 0.496 e. The van der Waals surface area contributed by atoms with E-state index in [2.05, 4.69) is 15.2 Å². The molecule has 170 valence electrons. The van der Waals surface area contributed by atoms with E-state index in [0.717, 1.165) is 16.9 Å². The Labute approximate surface area is 205 Å². The molecule has 0 spiro atoms. The Morgan fingerprint density at radius 3 is 2.59 bits per heavy atom. The van der Waals surface area contributed by atoms with E-state index in [4.69, 9.17) is 16.3 Å². The van der Waals surface area contributed by atoms with Crippen LogP contribution in [0.25, 0.3) is 22.7 Å². The van der Waals surface area contributed by atoms with Crippen molar-refractivity contribution in [2.24, 2.45) is 0 Å². The van der Waals surface area contributed by atoms with Crippen LogP contribution in [0.2, 0.25) is 5.02 Å². The average molecular weight is 490 g/mol. The topological polar surface area (TPSA) is 74.3 Å². The third-order valence-electron chi connectivity index (χ3n) is 5.35. The molecule has 0 saturated carbocycles. The molecule has 0 fully saturated rings. The van der Waals surface area contributed by atoms with Gasteiger partial charge in [0.05, 0.1) is 18.4 Å². The molecule has 0 aliphatic carbocycles. The second kappa shape index (κ2) is 9.32. The van der Waals surface area contributed by atoms with E-state index in [9.17, 15) is 4.79 Å². The van der Waals surface area contributed by atoms with Gasteiger partial charge in [0.25, 0.3) is 5.56 Å². The molecule has 5 rings (SSSR count). The predicted octanol–water partition coefficient (Wildman–Crippen LogP) is 5.20. The first-order chi connectivity index (χ1) is 16.5. The fourth-order valence-electron chi connectivity index (χ4n) is 3.77. The van der Waals surface area contributed by atoms with Gasteiger partial charge >= 0.3 is 0 Å². The van der Waals surface area contributed by atoms with Gasteiger partial charge in [-0.25, -0.2) is 4.98 Å². The highest BCUT2D eigenvalue weighted by Crippen LogP contribution is 2.34. The normalized spacial score (nSPS) is 11.1. The molecular formula is C25H20ClN5O2S. The van der Waals surface area contributed by atoms with Gasteiger partial charge in [-0.3, -0.25) is 13.8 Å². The van der Waals surface area contributed by atoms with Crippen LogP contribution in [0.4, 0.5) is 0 Å². The fourth-order valence-corrected chi connectivity index (χ4v) is 4.74. The average Bonchev–Trinajstić information content (AvgIpc) is 3.27. The molecule has 0 saturated heterocycles. The van der Waals surface area contributed by atoms with Crippen LogP contribution >= 0.6 is 23.4 Å². The van der Waals surface area contributed by atoms with Gasteiger partial charge in [0.2, 0.25) is 0 Å². The number of fused-ring (bicyclic) bond motifs is 1. The lowest BCUT2D eigenvalue weighted by molar-refractivity contribution is 0.416. The van der Waals surface area contributed by atoms with Gasteiger partial charge in [-0.2, -0.15) is 0 Å². The second-order valence-electron chi connectivity index (χ2n) is 7.55. The minimum atomic E-state index is -0.104. The Kier molecular flexibility index (Phi) is 6.08. The number of pyridine rings is 1. The number of rotatable bonds is 6. The van der Waals surface area contributed by atoms with Gasteiger partial charge in [0, 0.05) is 28.2 Å². The third kappa shape index (κ3) is 4.18. The Morgan fingerprint density at radius 1 is 1.00 bits per heavy atom. The lowest BCUT2D eigenvalue weighted by Crippen LogP contribution is -2.17. The Bertz CT molecular complexity index is 1550. The molecule has 5 aromatic rings. The van der Waals surface area contributed by atoms with Crippen molar-refractivity contribution in [1.29, 1.82) is 0 Å². The zero-order chi connectivity index (χ0) is 23.7. The van der Waals surface area contributed by atoms with Crippen LogP contribution in [0.1, 0.15) is 11.4 Å². The van der Waals surface area contributed by atoms with Crippen LogP contribution in [-0.4, -0.2) is 31.3 Å². The molecule has 3 heterocycles. The van der Waals surface area contributed by atoms with Crippen molar-refractivity contribution >= 4 is 29.0 Å². The summed E-state index contributed by atoms with van der Waals surface area (Å²) in [6.45, 7) is 1.89. The lowest BCUT2D eigenvalue weighted by Gasteiger charge is -2.12. The van der Waals surface area contributed by atoms with Crippen LogP contribution in [0.5, 0.6) is 5.75 Å². The summed E-state index contributed by atoms with van der Waals surface area (Å²) in [5, 5.41) is 10.2. The number of para-hydroxylation sites is 1. The molecule has 0 radical (unpaired) electrons. The molecule has 0 aliphatic heterocycles. The van der Waals surface area contributed by atoms with Crippen molar-refractivity contribution in [2.45, 2.75) is 17.8 Å². The van der Waals surface area contributed by atoms with Gasteiger partial charge in [0.1, 0.15) is 11.4 Å². The quantitative estimate of drug-likeness (QED) is 0.305. The summed E-state index contributed by atoms with van der Waals surface area (Å²) < 4.78 is 9.11. The first kappa shape index (κ1) is 22.2. The lowest BCUT2D eigenvalue weighted by atomic mass is 10.2. The summed E-state index contributed by atoms with van der Waals surface area (Å²) in [5.41, 5.74) is 3.71. The number of methoxy groups -OCH3 is 1. The summed E-state index contributed by atoms with van der Waals surface area (Å²) in [4.78, 5) is 17.3. The second-order valence-corrected chi connectivity index (χ2v) is 8.93. The van der Waals surface area contributed by atoms with Crippen molar-refractivity contribution in [1.82, 2.24) is 24.1 Å². The smallest absolute Gasteiger partial charge is 0.258 e. The minimum absolute atomic E-state index is 0.104. The summed E-state index contributed by atoms with van der Waals surface area (Å²) >= 11 is 7.58. The van der Waals surface area contributed by atoms with E-state index in [-0.39, 0.29) is 5.56 Å². The molecule has 9 heteroatoms. The van der Waals surface area contributed by atoms with E-state index >= 15 is 0 Å². The van der Waals surface area contributed by atoms with Crippen LogP contribution in [0.15, 0.2) is 82.7 Å². The van der Waals surface area contributed by atoms with Crippen LogP contribution in [0.3, 0.4) is 0 Å². The number of ether oxygens (including phenoxy) is 1. The number of hydrogen-bond acceptors (Lipinski definition) is 6. The van der Waals surface area contributed by atoms with Crippen LogP contribution < -0.4 is 10.3 Å². The molecule has 0 amide bonds. The van der Waals surface area contributed by atoms with Crippen molar-refractivity contribution in [2.75, 3.05) is 7.11 Å². The van der Waals surface area contributed by atoms with E-state index in [1.54, 1.807) is 17.6 Å². The molecular weight excluding hydrogens is 470 g/mol. The van der Waals surface area contributed by atoms with Gasteiger partial charge in [-0.05, 0) is 55.5 Å². The standard InChI is InChI=1S/C25H20ClN5O2S/c1-16-6-5-9-22-27-18(14-23(32)30(16)22)15-34-25-29-28-24(20-7-3-4-8-21(20)33-2)31(25)19-12-10-17(26)11-13-19/h3-14H,15H2,1-2H3. The summed E-state index contributed by atoms with van der Waals surface area (Å²) in [5.74, 6) is 1.79. The highest BCUT2D eigenvalue weighted by Gasteiger charge is 2.19. The number of nitrogens with zero attached hydrogens (tertiary/aromatic N) is 5. The minimum Gasteiger partial charge on any atom is -0.496 e. The fraction of sp³-hybridized carbons (Fsp3) is 0.120. The molecule has 0 unspecified atom stereocenters. The van der Waals surface area contributed by atoms with Crippen molar-refractivity contribution in [3.63, 3.8) is 0 Å². The zero-order valence-corrected chi connectivity index (χ0v) is 20.0. The van der Waals surface area contributed by atoms with Crippen molar-refractivity contribution in [3.8, 4) is 22.8 Å². The first-order valence-electron chi connectivity index (χ1n) is 10.5. The monoisotopic (exact) mass is 489 g/mol. The number of hydrogen-bond donors (Lipinski definition) is 0. The first-order valence-corrected chi connectivity index (χ1v) is 11.9. The summed E-state index contributed by atoms with van der Waals surface area (Å²) in [6, 6.07) is 22.3. The maximum atomic E-state index is 12.7. The van der Waals surface area contributed by atoms with Crippen LogP contribution in [-0.2, 0) is 5.75 Å². The van der Waals surface area contributed by atoms with E-state index in [0.29, 0.717) is 38.8 Å². The number of aromatic nitrogens is 5. The van der Waals surface area contributed by atoms with Gasteiger partial charge in [-0.15, -0.1) is 10.2 Å². The SMILES string of the molecule is COc1ccccc1-c1nnc(SCc2cc(=O)n3c(C)cccc3n2)n1-c1ccc(Cl)cc1. The van der Waals surface area contributed by atoms with Crippen molar-refractivity contribution < 1.29 is 4.74 Å². The number of thioether (sulfide) groups is 1. The zero-order valence-electron chi connectivity index (χ0n) is 18.5. The molecule has 0 N–H and O–H groups in total. The number of halogens is 1. The molecule has 3 aromatic heterocycles. The molecule has 0 bridgehead atoms. The van der Waals surface area contributed by atoms with E-state index in [1.165, 1.54) is 11.8 Å². The van der Waals surface area contributed by atoms with E-state index < -0.39 is 0 Å². The molecule has 0 aliphatic rings. The van der Waals surface area contributed by atoms with Crippen molar-refractivity contribution in [3.05, 3.63) is 99.6 Å². The predicted molar refractivity (Wildman–Crippen MR) is 134 cm³/mol.